The second kappa shape index (κ2) is 9.11. The van der Waals surface area contributed by atoms with Gasteiger partial charge in [0, 0.05) is 26.7 Å². The van der Waals surface area contributed by atoms with Crippen LogP contribution in [0.2, 0.25) is 0 Å². The zero-order chi connectivity index (χ0) is 14.0. The molecule has 3 heteroatoms. The molecule has 0 spiro atoms. The molecule has 1 aromatic carbocycles. The van der Waals surface area contributed by atoms with E-state index in [1.807, 2.05) is 0 Å². The number of nitrogens with one attached hydrogen (secondary N) is 1. The van der Waals surface area contributed by atoms with Gasteiger partial charge in [0.25, 0.3) is 0 Å². The molecule has 0 amide bonds. The first-order valence-corrected chi connectivity index (χ1v) is 7.84. The minimum atomic E-state index is 0.833. The SMILES string of the molecule is COCCN(CCc1ccccc1)CC1CCNCC1. The van der Waals surface area contributed by atoms with E-state index in [9.17, 15) is 0 Å². The molecule has 0 bridgehead atoms. The molecule has 1 heterocycles. The van der Waals surface area contributed by atoms with Gasteiger partial charge in [-0.25, -0.2) is 0 Å². The Morgan fingerprint density at radius 1 is 1.15 bits per heavy atom. The lowest BCUT2D eigenvalue weighted by molar-refractivity contribution is 0.131. The van der Waals surface area contributed by atoms with Crippen LogP contribution >= 0.6 is 0 Å². The number of piperidine rings is 1. The van der Waals surface area contributed by atoms with E-state index >= 15 is 0 Å². The molecule has 0 unspecified atom stereocenters. The van der Waals surface area contributed by atoms with Crippen molar-refractivity contribution in [2.45, 2.75) is 19.3 Å². The smallest absolute Gasteiger partial charge is 0.0589 e. The monoisotopic (exact) mass is 276 g/mol. The number of hydrogen-bond donors (Lipinski definition) is 1. The maximum Gasteiger partial charge on any atom is 0.0589 e. The van der Waals surface area contributed by atoms with E-state index in [4.69, 9.17) is 4.74 Å². The fraction of sp³-hybridized carbons (Fsp3) is 0.647. The van der Waals surface area contributed by atoms with E-state index in [2.05, 4.69) is 40.5 Å². The van der Waals surface area contributed by atoms with Crippen LogP contribution in [-0.4, -0.2) is 51.3 Å². The highest BCUT2D eigenvalue weighted by atomic mass is 16.5. The summed E-state index contributed by atoms with van der Waals surface area (Å²) in [5.41, 5.74) is 1.43. The van der Waals surface area contributed by atoms with Gasteiger partial charge in [-0.1, -0.05) is 30.3 Å². The van der Waals surface area contributed by atoms with Crippen LogP contribution in [0, 0.1) is 5.92 Å². The Morgan fingerprint density at radius 3 is 2.60 bits per heavy atom. The molecule has 0 aliphatic carbocycles. The number of hydrogen-bond acceptors (Lipinski definition) is 3. The van der Waals surface area contributed by atoms with E-state index in [1.54, 1.807) is 7.11 Å². The third-order valence-corrected chi connectivity index (χ3v) is 4.15. The summed E-state index contributed by atoms with van der Waals surface area (Å²) in [5.74, 6) is 0.851. The van der Waals surface area contributed by atoms with Gasteiger partial charge in [0.2, 0.25) is 0 Å². The van der Waals surface area contributed by atoms with Crippen LogP contribution in [-0.2, 0) is 11.2 Å². The lowest BCUT2D eigenvalue weighted by atomic mass is 9.97. The molecule has 1 N–H and O–H groups in total. The summed E-state index contributed by atoms with van der Waals surface area (Å²) >= 11 is 0. The molecular weight excluding hydrogens is 248 g/mol. The van der Waals surface area contributed by atoms with Crippen LogP contribution in [0.25, 0.3) is 0 Å². The molecule has 0 atom stereocenters. The first kappa shape index (κ1) is 15.5. The first-order valence-electron chi connectivity index (χ1n) is 7.84. The van der Waals surface area contributed by atoms with Crippen molar-refractivity contribution in [3.8, 4) is 0 Å². The number of benzene rings is 1. The molecule has 112 valence electrons. The Kier molecular flexibility index (Phi) is 7.06. The molecule has 1 aromatic rings. The summed E-state index contributed by atoms with van der Waals surface area (Å²) in [6.45, 7) is 6.60. The number of rotatable bonds is 8. The Balaban J connectivity index is 1.79. The van der Waals surface area contributed by atoms with Crippen LogP contribution in [0.1, 0.15) is 18.4 Å². The predicted octanol–water partition coefficient (Wildman–Crippen LogP) is 2.18. The Hall–Kier alpha value is -0.900. The van der Waals surface area contributed by atoms with Gasteiger partial charge < -0.3 is 15.0 Å². The van der Waals surface area contributed by atoms with Crippen molar-refractivity contribution in [2.24, 2.45) is 5.92 Å². The second-order valence-electron chi connectivity index (χ2n) is 5.72. The van der Waals surface area contributed by atoms with Crippen LogP contribution in [0.3, 0.4) is 0 Å². The fourth-order valence-corrected chi connectivity index (χ4v) is 2.88. The largest absolute Gasteiger partial charge is 0.383 e. The topological polar surface area (TPSA) is 24.5 Å². The van der Waals surface area contributed by atoms with Gasteiger partial charge in [-0.05, 0) is 43.8 Å². The van der Waals surface area contributed by atoms with E-state index in [1.165, 1.54) is 38.0 Å². The van der Waals surface area contributed by atoms with Gasteiger partial charge in [0.1, 0.15) is 0 Å². The van der Waals surface area contributed by atoms with Gasteiger partial charge in [0.05, 0.1) is 6.61 Å². The highest BCUT2D eigenvalue weighted by Crippen LogP contribution is 2.14. The summed E-state index contributed by atoms with van der Waals surface area (Å²) in [7, 11) is 1.79. The minimum Gasteiger partial charge on any atom is -0.383 e. The second-order valence-corrected chi connectivity index (χ2v) is 5.72. The minimum absolute atomic E-state index is 0.833. The van der Waals surface area contributed by atoms with Crippen molar-refractivity contribution >= 4 is 0 Å². The highest BCUT2D eigenvalue weighted by molar-refractivity contribution is 5.14. The summed E-state index contributed by atoms with van der Waals surface area (Å²) in [6, 6.07) is 10.8. The summed E-state index contributed by atoms with van der Waals surface area (Å²) < 4.78 is 5.26. The van der Waals surface area contributed by atoms with Gasteiger partial charge in [-0.3, -0.25) is 0 Å². The summed E-state index contributed by atoms with van der Waals surface area (Å²) in [5, 5.41) is 3.45. The Morgan fingerprint density at radius 2 is 1.90 bits per heavy atom. The lowest BCUT2D eigenvalue weighted by Crippen LogP contribution is -2.38. The molecule has 1 aliphatic rings. The van der Waals surface area contributed by atoms with Crippen molar-refractivity contribution in [3.05, 3.63) is 35.9 Å². The molecule has 0 saturated carbocycles. The quantitative estimate of drug-likeness (QED) is 0.787. The average molecular weight is 276 g/mol. The van der Waals surface area contributed by atoms with Crippen molar-refractivity contribution in [1.82, 2.24) is 10.2 Å². The van der Waals surface area contributed by atoms with Crippen molar-refractivity contribution in [3.63, 3.8) is 0 Å². The first-order chi connectivity index (χ1) is 9.88. The van der Waals surface area contributed by atoms with Gasteiger partial charge >= 0.3 is 0 Å². The molecular formula is C17H28N2O. The van der Waals surface area contributed by atoms with E-state index in [0.717, 1.165) is 32.0 Å². The molecule has 3 nitrogen and oxygen atoms in total. The Bertz CT molecular complexity index is 349. The van der Waals surface area contributed by atoms with E-state index in [-0.39, 0.29) is 0 Å². The molecule has 0 radical (unpaired) electrons. The van der Waals surface area contributed by atoms with Crippen LogP contribution in [0.5, 0.6) is 0 Å². The van der Waals surface area contributed by atoms with Gasteiger partial charge in [-0.2, -0.15) is 0 Å². The number of ether oxygens (including phenoxy) is 1. The van der Waals surface area contributed by atoms with E-state index in [0.29, 0.717) is 0 Å². The normalized spacial score (nSPS) is 16.7. The predicted molar refractivity (Wildman–Crippen MR) is 84.1 cm³/mol. The molecule has 20 heavy (non-hydrogen) atoms. The molecule has 2 rings (SSSR count). The zero-order valence-corrected chi connectivity index (χ0v) is 12.7. The number of nitrogens with zero attached hydrogens (tertiary/aromatic N) is 1. The van der Waals surface area contributed by atoms with Gasteiger partial charge in [0.15, 0.2) is 0 Å². The van der Waals surface area contributed by atoms with Crippen LogP contribution in [0.15, 0.2) is 30.3 Å². The highest BCUT2D eigenvalue weighted by Gasteiger charge is 2.16. The summed E-state index contributed by atoms with van der Waals surface area (Å²) in [4.78, 5) is 2.58. The summed E-state index contributed by atoms with van der Waals surface area (Å²) in [6.07, 6.45) is 3.76. The van der Waals surface area contributed by atoms with Crippen molar-refractivity contribution < 1.29 is 4.74 Å². The lowest BCUT2D eigenvalue weighted by Gasteiger charge is -2.30. The maximum absolute atomic E-state index is 5.26. The maximum atomic E-state index is 5.26. The zero-order valence-electron chi connectivity index (χ0n) is 12.7. The van der Waals surface area contributed by atoms with Crippen LogP contribution in [0.4, 0.5) is 0 Å². The van der Waals surface area contributed by atoms with Crippen LogP contribution < -0.4 is 5.32 Å². The average Bonchev–Trinajstić information content (AvgIpc) is 2.52. The standard InChI is InChI=1S/C17H28N2O/c1-20-14-13-19(15-17-7-10-18-11-8-17)12-9-16-5-3-2-4-6-16/h2-6,17-18H,7-15H2,1H3. The van der Waals surface area contributed by atoms with Crippen molar-refractivity contribution in [1.29, 1.82) is 0 Å². The molecule has 0 aromatic heterocycles. The molecule has 1 aliphatic heterocycles. The van der Waals surface area contributed by atoms with Crippen molar-refractivity contribution in [2.75, 3.05) is 46.4 Å². The third-order valence-electron chi connectivity index (χ3n) is 4.15. The fourth-order valence-electron chi connectivity index (χ4n) is 2.88. The Labute approximate surface area is 123 Å². The number of methoxy groups -OCH3 is 1. The molecule has 1 saturated heterocycles. The molecule has 1 fully saturated rings. The van der Waals surface area contributed by atoms with E-state index < -0.39 is 0 Å². The third kappa shape index (κ3) is 5.61. The van der Waals surface area contributed by atoms with Gasteiger partial charge in [-0.15, -0.1) is 0 Å².